The van der Waals surface area contributed by atoms with Crippen LogP contribution in [0.3, 0.4) is 0 Å². The van der Waals surface area contributed by atoms with Gasteiger partial charge in [-0.05, 0) is 39.0 Å². The average molecular weight is 344 g/mol. The number of aromatic amines is 1. The third-order valence-electron chi connectivity index (χ3n) is 5.10. The van der Waals surface area contributed by atoms with Gasteiger partial charge in [0.05, 0.1) is 11.4 Å². The Bertz CT molecular complexity index is 725. The van der Waals surface area contributed by atoms with Gasteiger partial charge in [-0.3, -0.25) is 9.89 Å². The number of rotatable bonds is 6. The van der Waals surface area contributed by atoms with Crippen LogP contribution in [-0.2, 0) is 30.6 Å². The van der Waals surface area contributed by atoms with Crippen molar-refractivity contribution in [3.05, 3.63) is 34.0 Å². The minimum Gasteiger partial charge on any atom is -0.361 e. The molecular formula is C19H28N4O2. The van der Waals surface area contributed by atoms with Crippen molar-refractivity contribution in [2.45, 2.75) is 66.3 Å². The molecule has 136 valence electrons. The molecule has 0 bridgehead atoms. The minimum atomic E-state index is 0.196. The Hall–Kier alpha value is -2.11. The normalized spacial score (nSPS) is 14.2. The summed E-state index contributed by atoms with van der Waals surface area (Å²) in [5.41, 5.74) is 5.52. The number of hydrogen-bond donors (Lipinski definition) is 1. The number of aryl methyl sites for hydroxylation is 3. The van der Waals surface area contributed by atoms with Gasteiger partial charge in [-0.25, -0.2) is 0 Å². The van der Waals surface area contributed by atoms with Crippen molar-refractivity contribution in [1.82, 2.24) is 20.3 Å². The average Bonchev–Trinajstić information content (AvgIpc) is 3.13. The quantitative estimate of drug-likeness (QED) is 0.873. The highest BCUT2D eigenvalue weighted by Gasteiger charge is 2.25. The van der Waals surface area contributed by atoms with Crippen molar-refractivity contribution in [3.8, 4) is 0 Å². The SMILES string of the molecule is Cc1noc(C)c1CCC(=O)N1CCc2[nH]nc(CCC(C)C)c2C1. The first-order valence-electron chi connectivity index (χ1n) is 9.20. The molecule has 0 aromatic carbocycles. The Morgan fingerprint density at radius 1 is 1.32 bits per heavy atom. The molecule has 0 aliphatic carbocycles. The van der Waals surface area contributed by atoms with E-state index in [1.807, 2.05) is 18.7 Å². The fourth-order valence-corrected chi connectivity index (χ4v) is 3.45. The predicted octanol–water partition coefficient (Wildman–Crippen LogP) is 3.12. The molecule has 0 unspecified atom stereocenters. The number of H-pyrrole nitrogens is 1. The molecule has 0 spiro atoms. The van der Waals surface area contributed by atoms with Crippen molar-refractivity contribution >= 4 is 5.91 Å². The molecule has 0 atom stereocenters. The van der Waals surface area contributed by atoms with Crippen molar-refractivity contribution in [3.63, 3.8) is 0 Å². The maximum Gasteiger partial charge on any atom is 0.223 e. The van der Waals surface area contributed by atoms with E-state index in [-0.39, 0.29) is 5.91 Å². The van der Waals surface area contributed by atoms with Gasteiger partial charge in [0.1, 0.15) is 5.76 Å². The maximum absolute atomic E-state index is 12.7. The van der Waals surface area contributed by atoms with E-state index in [1.165, 1.54) is 11.3 Å². The van der Waals surface area contributed by atoms with E-state index in [0.717, 1.165) is 48.5 Å². The lowest BCUT2D eigenvalue weighted by molar-refractivity contribution is -0.132. The van der Waals surface area contributed by atoms with Gasteiger partial charge >= 0.3 is 0 Å². The summed E-state index contributed by atoms with van der Waals surface area (Å²) < 4.78 is 5.18. The number of nitrogens with zero attached hydrogens (tertiary/aromatic N) is 3. The van der Waals surface area contributed by atoms with E-state index in [9.17, 15) is 4.79 Å². The Labute approximate surface area is 149 Å². The third kappa shape index (κ3) is 3.94. The number of aromatic nitrogens is 3. The highest BCUT2D eigenvalue weighted by molar-refractivity contribution is 5.76. The Morgan fingerprint density at radius 2 is 2.12 bits per heavy atom. The van der Waals surface area contributed by atoms with E-state index in [2.05, 4.69) is 29.2 Å². The molecule has 0 fully saturated rings. The molecule has 1 aliphatic rings. The summed E-state index contributed by atoms with van der Waals surface area (Å²) in [7, 11) is 0. The smallest absolute Gasteiger partial charge is 0.223 e. The van der Waals surface area contributed by atoms with Crippen LogP contribution in [0.1, 0.15) is 60.7 Å². The third-order valence-corrected chi connectivity index (χ3v) is 5.10. The zero-order valence-corrected chi connectivity index (χ0v) is 15.7. The number of fused-ring (bicyclic) bond motifs is 1. The number of carbonyl (C=O) groups excluding carboxylic acids is 1. The largest absolute Gasteiger partial charge is 0.361 e. The van der Waals surface area contributed by atoms with Gasteiger partial charge in [-0.15, -0.1) is 0 Å². The lowest BCUT2D eigenvalue weighted by Gasteiger charge is -2.27. The lowest BCUT2D eigenvalue weighted by atomic mass is 9.99. The van der Waals surface area contributed by atoms with Crippen LogP contribution in [-0.4, -0.2) is 32.7 Å². The van der Waals surface area contributed by atoms with Gasteiger partial charge in [0.25, 0.3) is 0 Å². The molecule has 0 saturated heterocycles. The second-order valence-corrected chi connectivity index (χ2v) is 7.43. The van der Waals surface area contributed by atoms with Crippen LogP contribution >= 0.6 is 0 Å². The summed E-state index contributed by atoms with van der Waals surface area (Å²) in [5.74, 6) is 1.67. The zero-order valence-electron chi connectivity index (χ0n) is 15.7. The van der Waals surface area contributed by atoms with Crippen LogP contribution < -0.4 is 0 Å². The van der Waals surface area contributed by atoms with Crippen LogP contribution in [0.25, 0.3) is 0 Å². The van der Waals surface area contributed by atoms with Gasteiger partial charge < -0.3 is 9.42 Å². The van der Waals surface area contributed by atoms with E-state index in [4.69, 9.17) is 4.52 Å². The van der Waals surface area contributed by atoms with E-state index >= 15 is 0 Å². The van der Waals surface area contributed by atoms with E-state index in [0.29, 0.717) is 25.3 Å². The highest BCUT2D eigenvalue weighted by atomic mass is 16.5. The molecule has 3 heterocycles. The summed E-state index contributed by atoms with van der Waals surface area (Å²) in [6.45, 7) is 9.72. The van der Waals surface area contributed by atoms with Crippen molar-refractivity contribution in [1.29, 1.82) is 0 Å². The standard InChI is InChI=1S/C19H28N4O2/c1-12(2)5-7-17-16-11-23(10-9-18(16)21-20-17)19(24)8-6-15-13(3)22-25-14(15)4/h12H,5-11H2,1-4H3,(H,20,21). The fourth-order valence-electron chi connectivity index (χ4n) is 3.45. The van der Waals surface area contributed by atoms with Gasteiger partial charge in [0.2, 0.25) is 5.91 Å². The Kier molecular flexibility index (Phi) is 5.25. The molecule has 1 N–H and O–H groups in total. The molecule has 2 aromatic rings. The first-order valence-corrected chi connectivity index (χ1v) is 9.20. The predicted molar refractivity (Wildman–Crippen MR) is 95.2 cm³/mol. The van der Waals surface area contributed by atoms with Gasteiger partial charge in [-0.2, -0.15) is 5.10 Å². The molecule has 6 heteroatoms. The number of nitrogens with one attached hydrogen (secondary N) is 1. The topological polar surface area (TPSA) is 75.0 Å². The molecule has 1 aliphatic heterocycles. The van der Waals surface area contributed by atoms with Gasteiger partial charge in [-0.1, -0.05) is 19.0 Å². The second kappa shape index (κ2) is 7.42. The van der Waals surface area contributed by atoms with Crippen molar-refractivity contribution in [2.75, 3.05) is 6.54 Å². The lowest BCUT2D eigenvalue weighted by Crippen LogP contribution is -2.36. The summed E-state index contributed by atoms with van der Waals surface area (Å²) in [5, 5.41) is 11.6. The van der Waals surface area contributed by atoms with Gasteiger partial charge in [0.15, 0.2) is 0 Å². The fraction of sp³-hybridized carbons (Fsp3) is 0.632. The molecular weight excluding hydrogens is 316 g/mol. The number of carbonyl (C=O) groups is 1. The van der Waals surface area contributed by atoms with E-state index in [1.54, 1.807) is 0 Å². The minimum absolute atomic E-state index is 0.196. The van der Waals surface area contributed by atoms with Crippen LogP contribution in [0, 0.1) is 19.8 Å². The Balaban J connectivity index is 1.61. The second-order valence-electron chi connectivity index (χ2n) is 7.43. The molecule has 3 rings (SSSR count). The monoisotopic (exact) mass is 344 g/mol. The molecule has 25 heavy (non-hydrogen) atoms. The number of hydrogen-bond acceptors (Lipinski definition) is 4. The summed E-state index contributed by atoms with van der Waals surface area (Å²) in [6.07, 6.45) is 4.15. The molecule has 6 nitrogen and oxygen atoms in total. The molecule has 1 amide bonds. The molecule has 0 radical (unpaired) electrons. The molecule has 0 saturated carbocycles. The molecule has 2 aromatic heterocycles. The zero-order chi connectivity index (χ0) is 18.0. The van der Waals surface area contributed by atoms with Crippen LogP contribution in [0.2, 0.25) is 0 Å². The van der Waals surface area contributed by atoms with Crippen molar-refractivity contribution < 1.29 is 9.32 Å². The summed E-state index contributed by atoms with van der Waals surface area (Å²) in [4.78, 5) is 14.6. The van der Waals surface area contributed by atoms with E-state index < -0.39 is 0 Å². The maximum atomic E-state index is 12.7. The van der Waals surface area contributed by atoms with Crippen LogP contribution in [0.5, 0.6) is 0 Å². The van der Waals surface area contributed by atoms with Gasteiger partial charge in [0, 0.05) is 42.8 Å². The van der Waals surface area contributed by atoms with Crippen LogP contribution in [0.15, 0.2) is 4.52 Å². The Morgan fingerprint density at radius 3 is 2.80 bits per heavy atom. The van der Waals surface area contributed by atoms with Crippen LogP contribution in [0.4, 0.5) is 0 Å². The first kappa shape index (κ1) is 17.7. The first-order chi connectivity index (χ1) is 12.0. The summed E-state index contributed by atoms with van der Waals surface area (Å²) in [6, 6.07) is 0. The number of amides is 1. The van der Waals surface area contributed by atoms with Crippen molar-refractivity contribution in [2.24, 2.45) is 5.92 Å². The highest BCUT2D eigenvalue weighted by Crippen LogP contribution is 2.23. The summed E-state index contributed by atoms with van der Waals surface area (Å²) >= 11 is 0.